The Balaban J connectivity index is 2.15. The van der Waals surface area contributed by atoms with E-state index in [9.17, 15) is 47.9 Å². The molecule has 0 N–H and O–H groups in total. The van der Waals surface area contributed by atoms with Crippen molar-refractivity contribution in [2.45, 2.75) is 168 Å². The molecule has 15 atom stereocenters. The van der Waals surface area contributed by atoms with Gasteiger partial charge in [-0.25, -0.2) is 0 Å². The molecule has 0 amide bonds. The van der Waals surface area contributed by atoms with Crippen molar-refractivity contribution in [2.24, 2.45) is 0 Å². The lowest BCUT2D eigenvalue weighted by molar-refractivity contribution is -0.344. The SMILES string of the molecule is C/C=C\CO[C@@H]1O[C@H](CO[C@H]2O[C@H](CO[C@H]3O[C@H](COC(C)=O)[C@H](OC(C)=O)[C@H](OC(C)=O)[C@H]3OC(C)=O)[C@H](OC(C)=O)[C@H](OC(C)=O)[C@H]2OC(C)=O)[C@@H](OC(C)=O)[C@H](OC(C)=O)[C@H]1OC(C)=O. The standard InChI is InChI=1S/C42H58O26/c1-12-13-14-53-40-37(63-25(9)50)34(60-22(6)47)32(58-20(4)45)29(66-40)16-55-42-39(65-27(11)52)36(62-24(8)49)33(59-21(5)46)30(68-42)17-56-41-38(64-26(10)51)35(61-23(7)48)31(57-19(3)44)28(67-41)15-54-18(2)43/h12-13,28-42H,14-17H2,1-11H3/b13-12-/t28-,29-,30-,31+,32-,33+,34+,35+,36+,37-,38-,39-,40-,41+,42+/m1/s1. The van der Waals surface area contributed by atoms with Crippen LogP contribution in [-0.4, -0.2) is 178 Å². The Labute approximate surface area is 389 Å². The first-order valence-corrected chi connectivity index (χ1v) is 21.0. The maximum atomic E-state index is 12.7. The zero-order valence-corrected chi connectivity index (χ0v) is 39.3. The lowest BCUT2D eigenvalue weighted by atomic mass is 9.96. The van der Waals surface area contributed by atoms with Crippen molar-refractivity contribution in [3.05, 3.63) is 12.2 Å². The third kappa shape index (κ3) is 17.4. The van der Waals surface area contributed by atoms with Crippen LogP contribution >= 0.6 is 0 Å². The molecule has 0 radical (unpaired) electrons. The average Bonchev–Trinajstić information content (AvgIpc) is 3.20. The summed E-state index contributed by atoms with van der Waals surface area (Å²) >= 11 is 0. The van der Waals surface area contributed by atoms with Gasteiger partial charge >= 0.3 is 59.7 Å². The molecule has 0 spiro atoms. The Morgan fingerprint density at radius 2 is 0.588 bits per heavy atom. The third-order valence-corrected chi connectivity index (χ3v) is 9.38. The van der Waals surface area contributed by atoms with Crippen molar-refractivity contribution in [3.8, 4) is 0 Å². The Hall–Kier alpha value is -5.80. The van der Waals surface area contributed by atoms with E-state index < -0.39 is 172 Å². The fourth-order valence-corrected chi connectivity index (χ4v) is 7.20. The summed E-state index contributed by atoms with van der Waals surface area (Å²) in [7, 11) is 0. The molecule has 0 saturated carbocycles. The minimum absolute atomic E-state index is 0.110. The molecular formula is C42H58O26. The summed E-state index contributed by atoms with van der Waals surface area (Å²) in [5, 5.41) is 0. The van der Waals surface area contributed by atoms with Crippen LogP contribution in [0, 0.1) is 0 Å². The summed E-state index contributed by atoms with van der Waals surface area (Å²) in [6, 6.07) is 0. The van der Waals surface area contributed by atoms with E-state index in [2.05, 4.69) is 0 Å². The molecule has 26 nitrogen and oxygen atoms in total. The fraction of sp³-hybridized carbons (Fsp3) is 0.714. The van der Waals surface area contributed by atoms with Gasteiger partial charge in [0.2, 0.25) is 0 Å². The van der Waals surface area contributed by atoms with E-state index in [-0.39, 0.29) is 6.61 Å². The molecule has 3 aliphatic heterocycles. The minimum atomic E-state index is -1.85. The van der Waals surface area contributed by atoms with E-state index >= 15 is 0 Å². The highest BCUT2D eigenvalue weighted by atomic mass is 16.8. The van der Waals surface area contributed by atoms with Crippen LogP contribution in [-0.2, 0) is 124 Å². The van der Waals surface area contributed by atoms with Gasteiger partial charge in [0, 0.05) is 69.2 Å². The Kier molecular flexibility index (Phi) is 22.2. The first-order valence-electron chi connectivity index (χ1n) is 21.0. The summed E-state index contributed by atoms with van der Waals surface area (Å²) in [4.78, 5) is 124. The normalized spacial score (nSPS) is 31.2. The van der Waals surface area contributed by atoms with E-state index in [0.717, 1.165) is 69.2 Å². The molecule has 3 rings (SSSR count). The molecule has 0 aromatic heterocycles. The molecule has 0 unspecified atom stereocenters. The van der Waals surface area contributed by atoms with Gasteiger partial charge in [0.05, 0.1) is 19.8 Å². The highest BCUT2D eigenvalue weighted by Crippen LogP contribution is 2.35. The van der Waals surface area contributed by atoms with Crippen molar-refractivity contribution in [2.75, 3.05) is 26.4 Å². The van der Waals surface area contributed by atoms with Crippen LogP contribution in [0.25, 0.3) is 0 Å². The van der Waals surface area contributed by atoms with Crippen molar-refractivity contribution >= 4 is 59.7 Å². The predicted molar refractivity (Wildman–Crippen MR) is 215 cm³/mol. The van der Waals surface area contributed by atoms with E-state index in [1.165, 1.54) is 0 Å². The lowest BCUT2D eigenvalue weighted by Gasteiger charge is -2.47. The van der Waals surface area contributed by atoms with Crippen molar-refractivity contribution < 1.29 is 124 Å². The smallest absolute Gasteiger partial charge is 0.303 e. The van der Waals surface area contributed by atoms with Crippen LogP contribution in [0.4, 0.5) is 0 Å². The summed E-state index contributed by atoms with van der Waals surface area (Å²) in [6.45, 7) is 9.72. The van der Waals surface area contributed by atoms with Crippen LogP contribution in [0.2, 0.25) is 0 Å². The minimum Gasteiger partial charge on any atom is -0.463 e. The topological polar surface area (TPSA) is 318 Å². The number of hydrogen-bond donors (Lipinski definition) is 0. The van der Waals surface area contributed by atoms with Gasteiger partial charge in [0.1, 0.15) is 24.9 Å². The van der Waals surface area contributed by atoms with E-state index in [4.69, 9.17) is 75.8 Å². The molecule has 0 aromatic rings. The van der Waals surface area contributed by atoms with Crippen LogP contribution in [0.5, 0.6) is 0 Å². The molecule has 68 heavy (non-hydrogen) atoms. The third-order valence-electron chi connectivity index (χ3n) is 9.38. The van der Waals surface area contributed by atoms with Crippen LogP contribution in [0.15, 0.2) is 12.2 Å². The first-order chi connectivity index (χ1) is 31.9. The number of allylic oxidation sites excluding steroid dienone is 1. The Bertz CT molecular complexity index is 1850. The molecule has 3 fully saturated rings. The van der Waals surface area contributed by atoms with Crippen molar-refractivity contribution in [3.63, 3.8) is 0 Å². The maximum Gasteiger partial charge on any atom is 0.303 e. The summed E-state index contributed by atoms with van der Waals surface area (Å²) in [6.07, 6.45) is -21.3. The van der Waals surface area contributed by atoms with Gasteiger partial charge in [-0.15, -0.1) is 0 Å². The fourth-order valence-electron chi connectivity index (χ4n) is 7.20. The Morgan fingerprint density at radius 3 is 0.853 bits per heavy atom. The quantitative estimate of drug-likeness (QED) is 0.0861. The van der Waals surface area contributed by atoms with Crippen molar-refractivity contribution in [1.29, 1.82) is 0 Å². The lowest BCUT2D eigenvalue weighted by Crippen LogP contribution is -2.65. The van der Waals surface area contributed by atoms with Crippen molar-refractivity contribution in [1.82, 2.24) is 0 Å². The molecule has 3 heterocycles. The second-order valence-electron chi connectivity index (χ2n) is 15.2. The van der Waals surface area contributed by atoms with Gasteiger partial charge in [-0.3, -0.25) is 47.9 Å². The van der Waals surface area contributed by atoms with Crippen LogP contribution < -0.4 is 0 Å². The average molecular weight is 979 g/mol. The zero-order chi connectivity index (χ0) is 51.0. The van der Waals surface area contributed by atoms with E-state index in [1.54, 1.807) is 19.1 Å². The number of rotatable bonds is 20. The first kappa shape index (κ1) is 56.5. The monoisotopic (exact) mass is 978 g/mol. The Morgan fingerprint density at radius 1 is 0.338 bits per heavy atom. The van der Waals surface area contributed by atoms with Crippen LogP contribution in [0.3, 0.4) is 0 Å². The summed E-state index contributed by atoms with van der Waals surface area (Å²) in [5.41, 5.74) is 0. The number of esters is 10. The number of carbonyl (C=O) groups excluding carboxylic acids is 10. The molecular weight excluding hydrogens is 920 g/mol. The van der Waals surface area contributed by atoms with Gasteiger partial charge in [0.25, 0.3) is 0 Å². The molecule has 3 saturated heterocycles. The maximum absolute atomic E-state index is 12.7. The number of ether oxygens (including phenoxy) is 16. The number of hydrogen-bond acceptors (Lipinski definition) is 26. The van der Waals surface area contributed by atoms with E-state index in [0.29, 0.717) is 0 Å². The number of carbonyl (C=O) groups is 10. The second-order valence-corrected chi connectivity index (χ2v) is 15.2. The zero-order valence-electron chi connectivity index (χ0n) is 39.3. The van der Waals surface area contributed by atoms with Gasteiger partial charge in [-0.2, -0.15) is 0 Å². The highest BCUT2D eigenvalue weighted by molar-refractivity contribution is 5.70. The largest absolute Gasteiger partial charge is 0.463 e. The molecule has 26 heteroatoms. The summed E-state index contributed by atoms with van der Waals surface area (Å²) < 4.78 is 91.1. The molecule has 0 bridgehead atoms. The highest BCUT2D eigenvalue weighted by Gasteiger charge is 2.57. The van der Waals surface area contributed by atoms with Gasteiger partial charge < -0.3 is 75.8 Å². The van der Waals surface area contributed by atoms with Crippen LogP contribution in [0.1, 0.15) is 76.2 Å². The summed E-state index contributed by atoms with van der Waals surface area (Å²) in [5.74, 6) is -9.11. The van der Waals surface area contributed by atoms with E-state index in [1.807, 2.05) is 0 Å². The molecule has 0 aliphatic carbocycles. The predicted octanol–water partition coefficient (Wildman–Crippen LogP) is -0.265. The second kappa shape index (κ2) is 26.7. The van der Waals surface area contributed by atoms with Gasteiger partial charge in [-0.05, 0) is 6.92 Å². The van der Waals surface area contributed by atoms with Gasteiger partial charge in [-0.1, -0.05) is 12.2 Å². The molecule has 382 valence electrons. The molecule has 0 aromatic carbocycles. The molecule has 3 aliphatic rings. The van der Waals surface area contributed by atoms with Gasteiger partial charge in [0.15, 0.2) is 73.8 Å².